The Morgan fingerprint density at radius 2 is 1.30 bits per heavy atom. The van der Waals surface area contributed by atoms with E-state index in [9.17, 15) is 18.4 Å². The van der Waals surface area contributed by atoms with Crippen molar-refractivity contribution in [2.24, 2.45) is 0 Å². The first-order valence-corrected chi connectivity index (χ1v) is 12.3. The lowest BCUT2D eigenvalue weighted by Crippen LogP contribution is -2.50. The molecule has 37 heavy (non-hydrogen) atoms. The number of hydrogen-bond donors (Lipinski definition) is 0. The van der Waals surface area contributed by atoms with Crippen LogP contribution < -0.4 is 5.56 Å². The average Bonchev–Trinajstić information content (AvgIpc) is 2.93. The number of hydrogen-bond acceptors (Lipinski definition) is 3. The molecule has 0 radical (unpaired) electrons. The van der Waals surface area contributed by atoms with Gasteiger partial charge in [-0.15, -0.1) is 0 Å². The number of aromatic nitrogens is 1. The summed E-state index contributed by atoms with van der Waals surface area (Å²) in [5.74, 6) is -0.928. The Balaban J connectivity index is 1.33. The van der Waals surface area contributed by atoms with Crippen molar-refractivity contribution in [2.45, 2.75) is 12.6 Å². The van der Waals surface area contributed by atoms with Gasteiger partial charge in [0.05, 0.1) is 12.6 Å². The van der Waals surface area contributed by atoms with Gasteiger partial charge in [-0.2, -0.15) is 0 Å². The standard InChI is InChI=1S/C30H27F2N3O2/c31-25-12-8-23(9-13-25)28(24-10-14-26(32)15-11-24)33-17-19-34(20-18-33)29(36)27-7-4-16-35(30(27)37)21-22-5-2-1-3-6-22/h1-16,28H,17-21H2. The molecule has 0 unspecified atom stereocenters. The summed E-state index contributed by atoms with van der Waals surface area (Å²) < 4.78 is 28.7. The zero-order valence-electron chi connectivity index (χ0n) is 20.3. The summed E-state index contributed by atoms with van der Waals surface area (Å²) in [5.41, 5.74) is 2.60. The molecule has 1 aromatic heterocycles. The third kappa shape index (κ3) is 5.52. The van der Waals surface area contributed by atoms with E-state index in [0.29, 0.717) is 32.7 Å². The van der Waals surface area contributed by atoms with Crippen molar-refractivity contribution in [3.05, 3.63) is 141 Å². The van der Waals surface area contributed by atoms with Crippen molar-refractivity contribution in [2.75, 3.05) is 26.2 Å². The first-order chi connectivity index (χ1) is 18.0. The molecule has 0 atom stereocenters. The van der Waals surface area contributed by atoms with E-state index in [-0.39, 0.29) is 34.7 Å². The Hall–Kier alpha value is -4.10. The van der Waals surface area contributed by atoms with Gasteiger partial charge in [0.2, 0.25) is 0 Å². The molecule has 5 rings (SSSR count). The van der Waals surface area contributed by atoms with Gasteiger partial charge in [0.1, 0.15) is 17.2 Å². The highest BCUT2D eigenvalue weighted by Crippen LogP contribution is 2.30. The number of carbonyl (C=O) groups excluding carboxylic acids is 1. The van der Waals surface area contributed by atoms with E-state index in [0.717, 1.165) is 16.7 Å². The minimum absolute atomic E-state index is 0.153. The molecule has 0 spiro atoms. The second-order valence-corrected chi connectivity index (χ2v) is 9.17. The van der Waals surface area contributed by atoms with Crippen molar-refractivity contribution >= 4 is 5.91 Å². The monoisotopic (exact) mass is 499 g/mol. The highest BCUT2D eigenvalue weighted by Gasteiger charge is 2.29. The van der Waals surface area contributed by atoms with Gasteiger partial charge in [0.15, 0.2) is 0 Å². The molecule has 1 aliphatic rings. The molecule has 1 aliphatic heterocycles. The lowest BCUT2D eigenvalue weighted by molar-refractivity contribution is 0.0595. The molecule has 0 saturated carbocycles. The Kier molecular flexibility index (Phi) is 7.23. The maximum Gasteiger partial charge on any atom is 0.263 e. The first kappa shape index (κ1) is 24.6. The Morgan fingerprint density at radius 3 is 1.86 bits per heavy atom. The summed E-state index contributed by atoms with van der Waals surface area (Å²) in [4.78, 5) is 30.3. The van der Waals surface area contributed by atoms with E-state index in [4.69, 9.17) is 0 Å². The normalized spacial score (nSPS) is 14.2. The van der Waals surface area contributed by atoms with E-state index < -0.39 is 0 Å². The highest BCUT2D eigenvalue weighted by molar-refractivity contribution is 5.93. The number of halogens is 2. The zero-order valence-corrected chi connectivity index (χ0v) is 20.3. The molecule has 0 bridgehead atoms. The number of amides is 1. The number of rotatable bonds is 6. The fourth-order valence-electron chi connectivity index (χ4n) is 4.86. The fourth-order valence-corrected chi connectivity index (χ4v) is 4.86. The van der Waals surface area contributed by atoms with Crippen LogP contribution in [-0.4, -0.2) is 46.5 Å². The van der Waals surface area contributed by atoms with Crippen molar-refractivity contribution in [3.63, 3.8) is 0 Å². The summed E-state index contributed by atoms with van der Waals surface area (Å²) in [5, 5.41) is 0. The van der Waals surface area contributed by atoms with Crippen LogP contribution in [0.2, 0.25) is 0 Å². The van der Waals surface area contributed by atoms with Crippen LogP contribution in [0.3, 0.4) is 0 Å². The van der Waals surface area contributed by atoms with Crippen LogP contribution in [0.4, 0.5) is 8.78 Å². The summed E-state index contributed by atoms with van der Waals surface area (Å²) in [6.45, 7) is 2.37. The van der Waals surface area contributed by atoms with Gasteiger partial charge in [-0.1, -0.05) is 54.6 Å². The lowest BCUT2D eigenvalue weighted by atomic mass is 9.96. The van der Waals surface area contributed by atoms with Crippen LogP contribution >= 0.6 is 0 Å². The predicted octanol–water partition coefficient (Wildman–Crippen LogP) is 4.72. The molecule has 4 aromatic rings. The van der Waals surface area contributed by atoms with Crippen LogP contribution in [0, 0.1) is 11.6 Å². The summed E-state index contributed by atoms with van der Waals surface area (Å²) in [6, 6.07) is 25.4. The molecule has 1 saturated heterocycles. The van der Waals surface area contributed by atoms with Gasteiger partial charge < -0.3 is 9.47 Å². The lowest BCUT2D eigenvalue weighted by Gasteiger charge is -2.39. The van der Waals surface area contributed by atoms with Crippen LogP contribution in [0.15, 0.2) is 102 Å². The van der Waals surface area contributed by atoms with Gasteiger partial charge >= 0.3 is 0 Å². The number of piperazine rings is 1. The van der Waals surface area contributed by atoms with E-state index in [1.165, 1.54) is 24.3 Å². The van der Waals surface area contributed by atoms with Gasteiger partial charge in [0, 0.05) is 32.4 Å². The minimum Gasteiger partial charge on any atom is -0.336 e. The van der Waals surface area contributed by atoms with Crippen molar-refractivity contribution in [1.29, 1.82) is 0 Å². The number of carbonyl (C=O) groups is 1. The van der Waals surface area contributed by atoms with Crippen LogP contribution in [-0.2, 0) is 6.54 Å². The quantitative estimate of drug-likeness (QED) is 0.386. The fraction of sp³-hybridized carbons (Fsp3) is 0.200. The molecule has 1 amide bonds. The molecule has 0 aliphatic carbocycles. The molecule has 7 heteroatoms. The molecule has 0 N–H and O–H groups in total. The summed E-state index contributed by atoms with van der Waals surface area (Å²) in [7, 11) is 0. The molecule has 1 fully saturated rings. The Bertz CT molecular complexity index is 1370. The van der Waals surface area contributed by atoms with Gasteiger partial charge in [0.25, 0.3) is 11.5 Å². The molecule has 2 heterocycles. The highest BCUT2D eigenvalue weighted by atomic mass is 19.1. The molecular weight excluding hydrogens is 472 g/mol. The van der Waals surface area contributed by atoms with Gasteiger partial charge in [-0.3, -0.25) is 14.5 Å². The number of nitrogens with zero attached hydrogens (tertiary/aromatic N) is 3. The number of benzene rings is 3. The second kappa shape index (κ2) is 10.9. The van der Waals surface area contributed by atoms with Crippen molar-refractivity contribution in [3.8, 4) is 0 Å². The van der Waals surface area contributed by atoms with Crippen molar-refractivity contribution in [1.82, 2.24) is 14.4 Å². The molecular formula is C30H27F2N3O2. The first-order valence-electron chi connectivity index (χ1n) is 12.3. The second-order valence-electron chi connectivity index (χ2n) is 9.17. The molecule has 5 nitrogen and oxygen atoms in total. The van der Waals surface area contributed by atoms with Crippen LogP contribution in [0.5, 0.6) is 0 Å². The van der Waals surface area contributed by atoms with E-state index in [1.807, 2.05) is 30.3 Å². The molecule has 188 valence electrons. The smallest absolute Gasteiger partial charge is 0.263 e. The average molecular weight is 500 g/mol. The van der Waals surface area contributed by atoms with Gasteiger partial charge in [-0.25, -0.2) is 8.78 Å². The van der Waals surface area contributed by atoms with Gasteiger partial charge in [-0.05, 0) is 53.1 Å². The van der Waals surface area contributed by atoms with Crippen LogP contribution in [0.1, 0.15) is 33.1 Å². The summed E-state index contributed by atoms with van der Waals surface area (Å²) in [6.07, 6.45) is 1.69. The third-order valence-corrected chi connectivity index (χ3v) is 6.78. The SMILES string of the molecule is O=C(c1cccn(Cc2ccccc2)c1=O)N1CCN(C(c2ccc(F)cc2)c2ccc(F)cc2)CC1. The van der Waals surface area contributed by atoms with Crippen LogP contribution in [0.25, 0.3) is 0 Å². The van der Waals surface area contributed by atoms with E-state index in [2.05, 4.69) is 4.90 Å². The Morgan fingerprint density at radius 1 is 0.730 bits per heavy atom. The summed E-state index contributed by atoms with van der Waals surface area (Å²) >= 11 is 0. The molecule has 3 aromatic carbocycles. The maximum atomic E-state index is 13.6. The minimum atomic E-state index is -0.321. The predicted molar refractivity (Wildman–Crippen MR) is 138 cm³/mol. The van der Waals surface area contributed by atoms with E-state index in [1.54, 1.807) is 52.1 Å². The third-order valence-electron chi connectivity index (χ3n) is 6.78. The van der Waals surface area contributed by atoms with E-state index >= 15 is 0 Å². The zero-order chi connectivity index (χ0) is 25.8. The Labute approximate surface area is 214 Å². The topological polar surface area (TPSA) is 45.6 Å². The maximum absolute atomic E-state index is 13.6. The number of pyridine rings is 1. The largest absolute Gasteiger partial charge is 0.336 e. The van der Waals surface area contributed by atoms with Crippen molar-refractivity contribution < 1.29 is 13.6 Å².